The Kier molecular flexibility index (Phi) is 9.58. The van der Waals surface area contributed by atoms with Crippen molar-refractivity contribution < 1.29 is 9.53 Å². The predicted octanol–water partition coefficient (Wildman–Crippen LogP) is 3.56. The number of hydrogen-bond donors (Lipinski definition) is 1. The molecule has 2 N–H and O–H groups in total. The average Bonchev–Trinajstić information content (AvgIpc) is 2.49. The van der Waals surface area contributed by atoms with Gasteiger partial charge in [-0.3, -0.25) is 0 Å². The highest BCUT2D eigenvalue weighted by Crippen LogP contribution is 2.21. The normalized spacial score (nSPS) is 20.6. The molecule has 122 valence electrons. The summed E-state index contributed by atoms with van der Waals surface area (Å²) >= 11 is 6.23. The Labute approximate surface area is 151 Å². The molecule has 0 spiro atoms. The van der Waals surface area contributed by atoms with Gasteiger partial charge in [-0.2, -0.15) is 0 Å². The summed E-state index contributed by atoms with van der Waals surface area (Å²) < 4.78 is 6.68. The zero-order valence-electron chi connectivity index (χ0n) is 12.8. The average molecular weight is 434 g/mol. The quantitative estimate of drug-likeness (QED) is 0.449. The Balaban J connectivity index is 0.000000745. The van der Waals surface area contributed by atoms with E-state index in [1.807, 2.05) is 52.6 Å². The summed E-state index contributed by atoms with van der Waals surface area (Å²) in [5.74, 6) is 0. The van der Waals surface area contributed by atoms with Crippen molar-refractivity contribution in [2.75, 3.05) is 13.2 Å². The first kappa shape index (κ1) is 19.3. The molecule has 2 atom stereocenters. The molecule has 0 bridgehead atoms. The monoisotopic (exact) mass is 434 g/mol. The number of hydrogen-bond acceptors (Lipinski definition) is 4. The van der Waals surface area contributed by atoms with Crippen molar-refractivity contribution in [2.24, 2.45) is 5.73 Å². The van der Waals surface area contributed by atoms with Gasteiger partial charge in [-0.1, -0.05) is 42.5 Å². The third-order valence-corrected chi connectivity index (χ3v) is 3.57. The summed E-state index contributed by atoms with van der Waals surface area (Å²) in [6, 6.07) is 10.5. The first-order chi connectivity index (χ1) is 10.6. The van der Waals surface area contributed by atoms with Crippen LogP contribution in [0.25, 0.3) is 0 Å². The summed E-state index contributed by atoms with van der Waals surface area (Å²) in [6.07, 6.45) is 2.32. The molecular weight excluding hydrogens is 411 g/mol. The van der Waals surface area contributed by atoms with Gasteiger partial charge < -0.3 is 15.4 Å². The molecule has 1 aromatic rings. The van der Waals surface area contributed by atoms with Gasteiger partial charge in [-0.25, -0.2) is 4.79 Å². The van der Waals surface area contributed by atoms with Gasteiger partial charge >= 0.3 is 6.09 Å². The highest BCUT2D eigenvalue weighted by Gasteiger charge is 2.30. The lowest BCUT2D eigenvalue weighted by Gasteiger charge is -2.37. The third kappa shape index (κ3) is 6.58. The number of halogens is 1. The summed E-state index contributed by atoms with van der Waals surface area (Å²) in [7, 11) is 0. The molecule has 4 nitrogen and oxygen atoms in total. The summed E-state index contributed by atoms with van der Waals surface area (Å²) in [5.41, 5.74) is 7.27. The number of amides is 1. The van der Waals surface area contributed by atoms with E-state index >= 15 is 0 Å². The zero-order valence-corrected chi connectivity index (χ0v) is 15.8. The molecule has 1 aliphatic rings. The van der Waals surface area contributed by atoms with Crippen LogP contribution in [0.5, 0.6) is 0 Å². The zero-order chi connectivity index (χ0) is 16.4. The van der Waals surface area contributed by atoms with Crippen molar-refractivity contribution in [3.05, 3.63) is 35.9 Å². The third-order valence-electron chi connectivity index (χ3n) is 3.57. The molecule has 0 aliphatic carbocycles. The SMILES string of the molecule is CCOC(=O)N1CC[C@H](N)C[C@@H]1Cc1ccccc1.S=CI. The Morgan fingerprint density at radius 2 is 2.14 bits per heavy atom. The fourth-order valence-corrected chi connectivity index (χ4v) is 2.61. The van der Waals surface area contributed by atoms with Crippen LogP contribution in [0, 0.1) is 0 Å². The van der Waals surface area contributed by atoms with Gasteiger partial charge in [-0.05, 0) is 54.3 Å². The van der Waals surface area contributed by atoms with Crippen LogP contribution in [0.4, 0.5) is 4.79 Å². The molecule has 0 saturated carbocycles. The van der Waals surface area contributed by atoms with Crippen LogP contribution in [0.3, 0.4) is 0 Å². The van der Waals surface area contributed by atoms with E-state index in [1.54, 1.807) is 3.37 Å². The molecule has 0 unspecified atom stereocenters. The summed E-state index contributed by atoms with van der Waals surface area (Å²) in [5, 5.41) is 0. The second kappa shape index (κ2) is 10.9. The minimum atomic E-state index is -0.213. The van der Waals surface area contributed by atoms with Crippen LogP contribution in [-0.4, -0.2) is 39.6 Å². The number of nitrogens with two attached hydrogens (primary N) is 1. The van der Waals surface area contributed by atoms with Crippen molar-refractivity contribution in [1.29, 1.82) is 0 Å². The van der Waals surface area contributed by atoms with Crippen LogP contribution in [-0.2, 0) is 11.2 Å². The first-order valence-electron chi connectivity index (χ1n) is 7.39. The van der Waals surface area contributed by atoms with E-state index in [0.717, 1.165) is 19.3 Å². The van der Waals surface area contributed by atoms with Crippen LogP contribution >= 0.6 is 34.8 Å². The molecule has 6 heteroatoms. The Hall–Kier alpha value is -0.730. The maximum Gasteiger partial charge on any atom is 0.410 e. The van der Waals surface area contributed by atoms with Crippen molar-refractivity contribution >= 4 is 44.3 Å². The fraction of sp³-hybridized carbons (Fsp3) is 0.500. The molecule has 1 aliphatic heterocycles. The molecule has 1 amide bonds. The number of carbonyl (C=O) groups is 1. The highest BCUT2D eigenvalue weighted by atomic mass is 127. The van der Waals surface area contributed by atoms with E-state index in [1.165, 1.54) is 5.56 Å². The van der Waals surface area contributed by atoms with Crippen molar-refractivity contribution in [1.82, 2.24) is 4.90 Å². The number of carbonyl (C=O) groups excluding carboxylic acids is 1. The predicted molar refractivity (Wildman–Crippen MR) is 103 cm³/mol. The largest absolute Gasteiger partial charge is 0.450 e. The van der Waals surface area contributed by atoms with E-state index in [-0.39, 0.29) is 18.2 Å². The van der Waals surface area contributed by atoms with E-state index in [2.05, 4.69) is 24.4 Å². The number of ether oxygens (including phenoxy) is 1. The van der Waals surface area contributed by atoms with Crippen molar-refractivity contribution in [2.45, 2.75) is 38.3 Å². The number of rotatable bonds is 3. The Morgan fingerprint density at radius 1 is 1.50 bits per heavy atom. The lowest BCUT2D eigenvalue weighted by molar-refractivity contribution is 0.0732. The Bertz CT molecular complexity index is 459. The molecule has 1 fully saturated rings. The number of thiocarbonyl (C=S) groups is 1. The van der Waals surface area contributed by atoms with Crippen LogP contribution in [0.15, 0.2) is 30.3 Å². The van der Waals surface area contributed by atoms with Gasteiger partial charge in [0.1, 0.15) is 0 Å². The second-order valence-corrected chi connectivity index (χ2v) is 6.81. The second-order valence-electron chi connectivity index (χ2n) is 5.11. The maximum absolute atomic E-state index is 12.0. The van der Waals surface area contributed by atoms with Gasteiger partial charge in [0.15, 0.2) is 0 Å². The van der Waals surface area contributed by atoms with Gasteiger partial charge in [0.2, 0.25) is 0 Å². The van der Waals surface area contributed by atoms with E-state index in [0.29, 0.717) is 13.2 Å². The first-order valence-corrected chi connectivity index (χ1v) is 9.10. The minimum Gasteiger partial charge on any atom is -0.450 e. The lowest BCUT2D eigenvalue weighted by atomic mass is 9.93. The van der Waals surface area contributed by atoms with E-state index < -0.39 is 0 Å². The van der Waals surface area contributed by atoms with Gasteiger partial charge in [-0.15, -0.1) is 0 Å². The highest BCUT2D eigenvalue weighted by molar-refractivity contribution is 14.1. The van der Waals surface area contributed by atoms with E-state index in [4.69, 9.17) is 10.5 Å². The molecule has 1 saturated heterocycles. The number of likely N-dealkylation sites (tertiary alicyclic amines) is 1. The van der Waals surface area contributed by atoms with Gasteiger partial charge in [0.05, 0.1) is 6.61 Å². The van der Waals surface area contributed by atoms with Crippen LogP contribution in [0.1, 0.15) is 25.3 Å². The summed E-state index contributed by atoms with van der Waals surface area (Å²) in [4.78, 5) is 13.8. The van der Waals surface area contributed by atoms with Crippen molar-refractivity contribution in [3.63, 3.8) is 0 Å². The minimum absolute atomic E-state index is 0.144. The lowest BCUT2D eigenvalue weighted by Crippen LogP contribution is -2.50. The Morgan fingerprint density at radius 3 is 2.73 bits per heavy atom. The van der Waals surface area contributed by atoms with Gasteiger partial charge in [0, 0.05) is 22.0 Å². The van der Waals surface area contributed by atoms with Crippen molar-refractivity contribution in [3.8, 4) is 0 Å². The number of nitrogens with zero attached hydrogens (tertiary/aromatic N) is 1. The van der Waals surface area contributed by atoms with Crippen LogP contribution < -0.4 is 5.73 Å². The maximum atomic E-state index is 12.0. The fourth-order valence-electron chi connectivity index (χ4n) is 2.61. The standard InChI is InChI=1S/C15H22N2O2.CHIS/c1-2-19-15(18)17-9-8-13(16)11-14(17)10-12-6-4-3-5-7-12;2-1-3/h3-7,13-14H,2,8-11,16H2,1H3;1H/t13-,14-;/m0./s1. The topological polar surface area (TPSA) is 55.6 Å². The molecule has 0 radical (unpaired) electrons. The molecule has 22 heavy (non-hydrogen) atoms. The molecule has 0 aromatic heterocycles. The molecule has 1 heterocycles. The molecule has 1 aromatic carbocycles. The summed E-state index contributed by atoms with van der Waals surface area (Å²) in [6.45, 7) is 2.94. The molecule has 2 rings (SSSR count). The smallest absolute Gasteiger partial charge is 0.410 e. The van der Waals surface area contributed by atoms with E-state index in [9.17, 15) is 4.79 Å². The van der Waals surface area contributed by atoms with Gasteiger partial charge in [0.25, 0.3) is 0 Å². The molecular formula is C16H23IN2O2S. The number of piperidine rings is 1. The number of benzene rings is 1. The van der Waals surface area contributed by atoms with Crippen LogP contribution in [0.2, 0.25) is 0 Å².